The molecule has 5 unspecified atom stereocenters. The van der Waals surface area contributed by atoms with Crippen molar-refractivity contribution in [2.45, 2.75) is 56.5 Å². The molecule has 5 atom stereocenters. The molecule has 1 aromatic carbocycles. The molecule has 1 aliphatic carbocycles. The predicted octanol–water partition coefficient (Wildman–Crippen LogP) is 3.66. The number of carbonyl (C=O) groups is 3. The van der Waals surface area contributed by atoms with Crippen LogP contribution in [-0.4, -0.2) is 58.7 Å². The lowest BCUT2D eigenvalue weighted by Gasteiger charge is -2.29. The van der Waals surface area contributed by atoms with Crippen molar-refractivity contribution in [2.75, 3.05) is 13.1 Å². The zero-order valence-electron chi connectivity index (χ0n) is 20.7. The van der Waals surface area contributed by atoms with E-state index >= 15 is 0 Å². The fourth-order valence-electron chi connectivity index (χ4n) is 6.27. The number of H-pyrrole nitrogens is 1. The number of hydrogen-bond donors (Lipinski definition) is 3. The highest BCUT2D eigenvalue weighted by Crippen LogP contribution is 2.50. The molecule has 3 N–H and O–H groups in total. The molecule has 0 spiro atoms. The summed E-state index contributed by atoms with van der Waals surface area (Å²) in [6.45, 7) is 0.347. The Labute approximate surface area is 219 Å². The molecule has 3 heterocycles. The fourth-order valence-corrected chi connectivity index (χ4v) is 6.27. The number of nitrogens with one attached hydrogen (secondary N) is 3. The van der Waals surface area contributed by atoms with Gasteiger partial charge in [-0.2, -0.15) is 5.26 Å². The number of nitriles is 1. The van der Waals surface area contributed by atoms with Crippen LogP contribution in [0.25, 0.3) is 10.9 Å². The number of fused-ring (bicyclic) bond motifs is 2. The van der Waals surface area contributed by atoms with E-state index in [0.717, 1.165) is 17.0 Å². The average Bonchev–Trinajstić information content (AvgIpc) is 3.53. The molecule has 13 heteroatoms. The van der Waals surface area contributed by atoms with Gasteiger partial charge in [-0.15, -0.1) is 0 Å². The Bertz CT molecular complexity index is 1360. The summed E-state index contributed by atoms with van der Waals surface area (Å²) in [6.07, 6.45) is -2.88. The van der Waals surface area contributed by atoms with Crippen molar-refractivity contribution in [2.24, 2.45) is 17.8 Å². The van der Waals surface area contributed by atoms with E-state index in [-0.39, 0.29) is 35.5 Å². The van der Waals surface area contributed by atoms with Crippen molar-refractivity contribution in [1.82, 2.24) is 20.5 Å². The van der Waals surface area contributed by atoms with Crippen molar-refractivity contribution in [3.63, 3.8) is 0 Å². The first kappa shape index (κ1) is 26.9. The molecule has 0 radical (unpaired) electrons. The van der Waals surface area contributed by atoms with E-state index in [9.17, 15) is 41.6 Å². The maximum absolute atomic E-state index is 14.3. The number of aromatic amines is 1. The van der Waals surface area contributed by atoms with Crippen LogP contribution in [0.4, 0.5) is 22.0 Å². The second-order valence-electron chi connectivity index (χ2n) is 10.6. The zero-order valence-corrected chi connectivity index (χ0v) is 20.7. The molecule has 2 saturated heterocycles. The first-order valence-corrected chi connectivity index (χ1v) is 12.7. The minimum Gasteiger partial charge on any atom is -0.356 e. The summed E-state index contributed by atoms with van der Waals surface area (Å²) in [6, 6.07) is 2.27. The maximum atomic E-state index is 14.3. The number of amides is 3. The second-order valence-corrected chi connectivity index (χ2v) is 10.6. The molecule has 208 valence electrons. The molecule has 2 aromatic rings. The Kier molecular flexibility index (Phi) is 6.99. The van der Waals surface area contributed by atoms with Gasteiger partial charge in [0.15, 0.2) is 0 Å². The normalized spacial score (nSPS) is 26.8. The van der Waals surface area contributed by atoms with Crippen molar-refractivity contribution >= 4 is 28.6 Å². The van der Waals surface area contributed by atoms with Crippen molar-refractivity contribution in [3.8, 4) is 6.07 Å². The van der Waals surface area contributed by atoms with Crippen LogP contribution in [0.15, 0.2) is 18.2 Å². The van der Waals surface area contributed by atoms with E-state index < -0.39 is 78.2 Å². The highest BCUT2D eigenvalue weighted by molar-refractivity contribution is 6.01. The van der Waals surface area contributed by atoms with Gasteiger partial charge in [-0.1, -0.05) is 0 Å². The third-order valence-corrected chi connectivity index (χ3v) is 7.99. The average molecular weight is 552 g/mol. The first-order valence-electron chi connectivity index (χ1n) is 12.7. The zero-order chi connectivity index (χ0) is 28.1. The highest BCUT2D eigenvalue weighted by Gasteiger charge is 2.58. The number of alkyl halides is 4. The summed E-state index contributed by atoms with van der Waals surface area (Å²) < 4.78 is 69.4. The van der Waals surface area contributed by atoms with Crippen molar-refractivity contribution in [1.29, 1.82) is 5.26 Å². The maximum Gasteiger partial charge on any atom is 0.271 e. The predicted molar refractivity (Wildman–Crippen MR) is 127 cm³/mol. The Morgan fingerprint density at radius 3 is 2.69 bits per heavy atom. The Balaban J connectivity index is 1.41. The van der Waals surface area contributed by atoms with Gasteiger partial charge in [0, 0.05) is 48.3 Å². The van der Waals surface area contributed by atoms with Crippen LogP contribution in [0.2, 0.25) is 0 Å². The van der Waals surface area contributed by atoms with Crippen LogP contribution in [0, 0.1) is 34.9 Å². The van der Waals surface area contributed by atoms with Gasteiger partial charge in [-0.3, -0.25) is 14.4 Å². The van der Waals surface area contributed by atoms with E-state index in [0.29, 0.717) is 25.5 Å². The number of aromatic nitrogens is 1. The molecule has 3 amide bonds. The monoisotopic (exact) mass is 551 g/mol. The molecule has 3 aliphatic rings. The molecule has 39 heavy (non-hydrogen) atoms. The van der Waals surface area contributed by atoms with Gasteiger partial charge in [-0.25, -0.2) is 22.0 Å². The number of halogens is 5. The van der Waals surface area contributed by atoms with Crippen LogP contribution in [0.5, 0.6) is 0 Å². The van der Waals surface area contributed by atoms with Crippen molar-refractivity contribution < 1.29 is 36.3 Å². The van der Waals surface area contributed by atoms with E-state index in [4.69, 9.17) is 0 Å². The molecule has 5 rings (SSSR count). The Morgan fingerprint density at radius 1 is 1.23 bits per heavy atom. The number of carbonyl (C=O) groups excluding carboxylic acids is 3. The highest BCUT2D eigenvalue weighted by atomic mass is 19.3. The van der Waals surface area contributed by atoms with Gasteiger partial charge in [-0.05, 0) is 49.3 Å². The smallest absolute Gasteiger partial charge is 0.271 e. The van der Waals surface area contributed by atoms with Gasteiger partial charge in [0.1, 0.15) is 23.6 Å². The summed E-state index contributed by atoms with van der Waals surface area (Å²) in [4.78, 5) is 42.8. The number of hydrogen-bond acceptors (Lipinski definition) is 4. The second kappa shape index (κ2) is 10.1. The van der Waals surface area contributed by atoms with Crippen LogP contribution >= 0.6 is 0 Å². The topological polar surface area (TPSA) is 118 Å². The molecular weight excluding hydrogens is 525 g/mol. The molecule has 3 fully saturated rings. The summed E-state index contributed by atoms with van der Waals surface area (Å²) in [5, 5.41) is 14.8. The van der Waals surface area contributed by atoms with Gasteiger partial charge in [0.25, 0.3) is 12.3 Å². The minimum absolute atomic E-state index is 0.0307. The third-order valence-electron chi connectivity index (χ3n) is 7.99. The van der Waals surface area contributed by atoms with Crippen LogP contribution in [0.1, 0.15) is 54.6 Å². The van der Waals surface area contributed by atoms with Crippen LogP contribution < -0.4 is 10.6 Å². The Hall–Kier alpha value is -3.69. The Morgan fingerprint density at radius 2 is 2.00 bits per heavy atom. The fraction of sp³-hybridized carbons (Fsp3) is 0.538. The lowest BCUT2D eigenvalue weighted by atomic mass is 9.90. The SMILES string of the molecule is N#CC(CC1CCCNC1=O)NC(=O)C1C2CC(F)(F)CC2CN1C(=O)c1cc2c(C(F)F)cc(F)cc2[nH]1. The summed E-state index contributed by atoms with van der Waals surface area (Å²) >= 11 is 0. The molecule has 1 aromatic heterocycles. The van der Waals surface area contributed by atoms with Gasteiger partial charge >= 0.3 is 0 Å². The van der Waals surface area contributed by atoms with Crippen LogP contribution in [-0.2, 0) is 9.59 Å². The van der Waals surface area contributed by atoms with E-state index in [1.54, 1.807) is 0 Å². The number of rotatable bonds is 6. The largest absolute Gasteiger partial charge is 0.356 e. The van der Waals surface area contributed by atoms with Gasteiger partial charge in [0.2, 0.25) is 17.7 Å². The third kappa shape index (κ3) is 5.16. The number of piperidine rings is 1. The molecular formula is C26H26F5N5O3. The molecule has 2 aliphatic heterocycles. The number of benzene rings is 1. The molecule has 1 saturated carbocycles. The standard InChI is InChI=1S/C26H26F5N5O3/c27-14-5-17(22(28)29)16-7-20(35-19(16)6-14)25(39)36-11-13-8-26(30,31)9-18(13)21(36)24(38)34-15(10-32)4-12-2-1-3-33-23(12)37/h5-7,12-13,15,18,21-22,35H,1-4,8-9,11H2,(H,33,37)(H,34,38). The lowest BCUT2D eigenvalue weighted by molar-refractivity contribution is -0.129. The summed E-state index contributed by atoms with van der Waals surface area (Å²) in [7, 11) is 0. The van der Waals surface area contributed by atoms with Gasteiger partial charge < -0.3 is 20.5 Å². The summed E-state index contributed by atoms with van der Waals surface area (Å²) in [5.74, 6) is -7.85. The van der Waals surface area contributed by atoms with Crippen LogP contribution in [0.3, 0.4) is 0 Å². The number of likely N-dealkylation sites (tertiary alicyclic amines) is 1. The number of nitrogens with zero attached hydrogens (tertiary/aromatic N) is 2. The summed E-state index contributed by atoms with van der Waals surface area (Å²) in [5.41, 5.74) is -0.857. The first-order chi connectivity index (χ1) is 18.5. The van der Waals surface area contributed by atoms with Crippen molar-refractivity contribution in [3.05, 3.63) is 35.3 Å². The van der Waals surface area contributed by atoms with E-state index in [1.807, 2.05) is 6.07 Å². The molecule has 8 nitrogen and oxygen atoms in total. The quantitative estimate of drug-likeness (QED) is 0.475. The lowest BCUT2D eigenvalue weighted by Crippen LogP contribution is -2.52. The minimum atomic E-state index is -3.03. The van der Waals surface area contributed by atoms with E-state index in [2.05, 4.69) is 15.6 Å². The van der Waals surface area contributed by atoms with Gasteiger partial charge in [0.05, 0.1) is 6.07 Å². The van der Waals surface area contributed by atoms with E-state index in [1.165, 1.54) is 0 Å². The molecule has 0 bridgehead atoms.